The number of nitrogens with one attached hydrogen (secondary N) is 1. The lowest BCUT2D eigenvalue weighted by Crippen LogP contribution is -2.44. The molecule has 0 aliphatic heterocycles. The number of methoxy groups -OCH3 is 1. The Kier molecular flexibility index (Phi) is 6.73. The number of benzene rings is 1. The zero-order chi connectivity index (χ0) is 15.0. The van der Waals surface area contributed by atoms with Gasteiger partial charge < -0.3 is 14.8 Å². The smallest absolute Gasteiger partial charge is 0.328 e. The van der Waals surface area contributed by atoms with E-state index < -0.39 is 12.0 Å². The molecule has 1 rings (SSSR count). The first-order valence-electron chi connectivity index (χ1n) is 6.57. The topological polar surface area (TPSA) is 64.6 Å². The minimum Gasteiger partial charge on any atom is -0.467 e. The van der Waals surface area contributed by atoms with E-state index in [1.54, 1.807) is 6.92 Å². The van der Waals surface area contributed by atoms with E-state index in [0.717, 1.165) is 11.1 Å². The Balaban J connectivity index is 2.69. The maximum absolute atomic E-state index is 11.7. The highest BCUT2D eigenvalue weighted by atomic mass is 16.5. The number of amides is 1. The van der Waals surface area contributed by atoms with E-state index in [9.17, 15) is 9.59 Å². The van der Waals surface area contributed by atoms with Gasteiger partial charge >= 0.3 is 5.97 Å². The van der Waals surface area contributed by atoms with Gasteiger partial charge in [-0.25, -0.2) is 4.79 Å². The summed E-state index contributed by atoms with van der Waals surface area (Å²) in [5.41, 5.74) is 2.07. The van der Waals surface area contributed by atoms with Gasteiger partial charge in [0, 0.05) is 13.0 Å². The number of carbonyl (C=O) groups excluding carboxylic acids is 2. The fourth-order valence-electron chi connectivity index (χ4n) is 1.84. The predicted octanol–water partition coefficient (Wildman–Crippen LogP) is 1.23. The van der Waals surface area contributed by atoms with Gasteiger partial charge in [-0.1, -0.05) is 29.8 Å². The second-order valence-electron chi connectivity index (χ2n) is 4.47. The molecule has 0 spiro atoms. The number of ether oxygens (including phenoxy) is 2. The third-order valence-corrected chi connectivity index (χ3v) is 2.78. The van der Waals surface area contributed by atoms with Crippen molar-refractivity contribution in [3.63, 3.8) is 0 Å². The molecule has 0 aliphatic carbocycles. The van der Waals surface area contributed by atoms with Crippen LogP contribution in [-0.4, -0.2) is 38.2 Å². The summed E-state index contributed by atoms with van der Waals surface area (Å²) in [6.45, 7) is 4.17. The van der Waals surface area contributed by atoms with Crippen LogP contribution in [0, 0.1) is 6.92 Å². The van der Waals surface area contributed by atoms with Crippen LogP contribution in [-0.2, 0) is 25.5 Å². The summed E-state index contributed by atoms with van der Waals surface area (Å²) in [5, 5.41) is 2.63. The Morgan fingerprint density at radius 3 is 2.70 bits per heavy atom. The number of rotatable bonds is 7. The number of hydrogen-bond acceptors (Lipinski definition) is 4. The van der Waals surface area contributed by atoms with Crippen LogP contribution in [0.15, 0.2) is 24.3 Å². The van der Waals surface area contributed by atoms with Gasteiger partial charge in [-0.3, -0.25) is 4.79 Å². The Hall–Kier alpha value is -1.88. The van der Waals surface area contributed by atoms with E-state index in [1.165, 1.54) is 7.11 Å². The molecule has 1 N–H and O–H groups in total. The molecular weight excluding hydrogens is 258 g/mol. The molecule has 0 fully saturated rings. The minimum absolute atomic E-state index is 0.0577. The number of hydrogen-bond donors (Lipinski definition) is 1. The first-order valence-corrected chi connectivity index (χ1v) is 6.57. The maximum atomic E-state index is 11.7. The van der Waals surface area contributed by atoms with E-state index in [1.807, 2.05) is 31.2 Å². The van der Waals surface area contributed by atoms with Gasteiger partial charge in [0.05, 0.1) is 7.11 Å². The Morgan fingerprint density at radius 2 is 2.10 bits per heavy atom. The monoisotopic (exact) mass is 279 g/mol. The van der Waals surface area contributed by atoms with Crippen molar-refractivity contribution in [2.45, 2.75) is 26.3 Å². The van der Waals surface area contributed by atoms with E-state index in [4.69, 9.17) is 9.47 Å². The molecule has 110 valence electrons. The summed E-state index contributed by atoms with van der Waals surface area (Å²) in [7, 11) is 1.31. The number of esters is 1. The first-order chi connectivity index (χ1) is 9.56. The Bertz CT molecular complexity index is 459. The summed E-state index contributed by atoms with van der Waals surface area (Å²) in [5.74, 6) is -0.786. The lowest BCUT2D eigenvalue weighted by atomic mass is 10.0. The fourth-order valence-corrected chi connectivity index (χ4v) is 1.84. The van der Waals surface area contributed by atoms with Gasteiger partial charge in [0.2, 0.25) is 5.91 Å². The highest BCUT2D eigenvalue weighted by Crippen LogP contribution is 2.08. The van der Waals surface area contributed by atoms with Crippen molar-refractivity contribution >= 4 is 11.9 Å². The van der Waals surface area contributed by atoms with Gasteiger partial charge in [0.25, 0.3) is 0 Å². The molecule has 0 aliphatic rings. The molecular formula is C15H21NO4. The standard InChI is InChI=1S/C15H21NO4/c1-4-20-10-14(17)16-13(15(18)19-3)9-12-7-5-6-11(2)8-12/h5-8,13H,4,9-10H2,1-3H3,(H,16,17)/t13-/m1/s1. The number of aryl methyl sites for hydroxylation is 1. The van der Waals surface area contributed by atoms with Crippen LogP contribution in [0.25, 0.3) is 0 Å². The van der Waals surface area contributed by atoms with Crippen molar-refractivity contribution in [2.24, 2.45) is 0 Å². The summed E-state index contributed by atoms with van der Waals surface area (Å²) >= 11 is 0. The molecule has 0 bridgehead atoms. The second kappa shape index (κ2) is 8.32. The summed E-state index contributed by atoms with van der Waals surface area (Å²) in [6.07, 6.45) is 0.395. The SMILES string of the molecule is CCOCC(=O)N[C@H](Cc1cccc(C)c1)C(=O)OC. The van der Waals surface area contributed by atoms with Crippen molar-refractivity contribution in [3.05, 3.63) is 35.4 Å². The molecule has 0 radical (unpaired) electrons. The van der Waals surface area contributed by atoms with Crippen LogP contribution in [0.1, 0.15) is 18.1 Å². The second-order valence-corrected chi connectivity index (χ2v) is 4.47. The molecule has 1 aromatic rings. The van der Waals surface area contributed by atoms with Gasteiger partial charge in [-0.2, -0.15) is 0 Å². The van der Waals surface area contributed by atoms with E-state index >= 15 is 0 Å². The molecule has 5 nitrogen and oxygen atoms in total. The Labute approximate surface area is 119 Å². The van der Waals surface area contributed by atoms with Gasteiger partial charge in [0.1, 0.15) is 12.6 Å². The largest absolute Gasteiger partial charge is 0.467 e. The van der Waals surface area contributed by atoms with Crippen LogP contribution < -0.4 is 5.32 Å². The van der Waals surface area contributed by atoms with Crippen molar-refractivity contribution < 1.29 is 19.1 Å². The minimum atomic E-state index is -0.699. The lowest BCUT2D eigenvalue weighted by molar-refractivity contribution is -0.145. The van der Waals surface area contributed by atoms with Crippen molar-refractivity contribution in [1.82, 2.24) is 5.32 Å². The molecule has 0 aromatic heterocycles. The molecule has 0 heterocycles. The van der Waals surface area contributed by atoms with Crippen molar-refractivity contribution in [3.8, 4) is 0 Å². The van der Waals surface area contributed by atoms with Gasteiger partial charge in [-0.05, 0) is 19.4 Å². The summed E-state index contributed by atoms with van der Waals surface area (Å²) < 4.78 is 9.74. The first kappa shape index (κ1) is 16.2. The molecule has 0 saturated carbocycles. The normalized spacial score (nSPS) is 11.8. The van der Waals surface area contributed by atoms with Gasteiger partial charge in [0.15, 0.2) is 0 Å². The predicted molar refractivity (Wildman–Crippen MR) is 75.3 cm³/mol. The van der Waals surface area contributed by atoms with Gasteiger partial charge in [-0.15, -0.1) is 0 Å². The third-order valence-electron chi connectivity index (χ3n) is 2.78. The zero-order valence-electron chi connectivity index (χ0n) is 12.1. The van der Waals surface area contributed by atoms with Crippen molar-refractivity contribution in [1.29, 1.82) is 0 Å². The number of carbonyl (C=O) groups is 2. The van der Waals surface area contributed by atoms with E-state index in [-0.39, 0.29) is 12.5 Å². The quantitative estimate of drug-likeness (QED) is 0.763. The molecule has 20 heavy (non-hydrogen) atoms. The van der Waals surface area contributed by atoms with Crippen LogP contribution in [0.4, 0.5) is 0 Å². The highest BCUT2D eigenvalue weighted by Gasteiger charge is 2.21. The average Bonchev–Trinajstić information content (AvgIpc) is 2.43. The fraction of sp³-hybridized carbons (Fsp3) is 0.467. The molecule has 5 heteroatoms. The highest BCUT2D eigenvalue weighted by molar-refractivity contribution is 5.85. The molecule has 1 aromatic carbocycles. The third kappa shape index (κ3) is 5.40. The van der Waals surface area contributed by atoms with Crippen LogP contribution in [0.3, 0.4) is 0 Å². The maximum Gasteiger partial charge on any atom is 0.328 e. The van der Waals surface area contributed by atoms with E-state index in [0.29, 0.717) is 13.0 Å². The molecule has 0 saturated heterocycles. The summed E-state index contributed by atoms with van der Waals surface area (Å²) in [4.78, 5) is 23.4. The molecule has 0 unspecified atom stereocenters. The van der Waals surface area contributed by atoms with Crippen LogP contribution in [0.5, 0.6) is 0 Å². The zero-order valence-corrected chi connectivity index (χ0v) is 12.1. The van der Waals surface area contributed by atoms with Crippen LogP contribution >= 0.6 is 0 Å². The van der Waals surface area contributed by atoms with E-state index in [2.05, 4.69) is 5.32 Å². The average molecular weight is 279 g/mol. The van der Waals surface area contributed by atoms with Crippen molar-refractivity contribution in [2.75, 3.05) is 20.3 Å². The lowest BCUT2D eigenvalue weighted by Gasteiger charge is -2.16. The summed E-state index contributed by atoms with van der Waals surface area (Å²) in [6, 6.07) is 7.09. The van der Waals surface area contributed by atoms with Crippen LogP contribution in [0.2, 0.25) is 0 Å². The molecule has 1 amide bonds. The Morgan fingerprint density at radius 1 is 1.35 bits per heavy atom. The molecule has 1 atom stereocenters.